The van der Waals surface area contributed by atoms with Crippen molar-refractivity contribution >= 4 is 16.7 Å². The molecule has 1 saturated carbocycles. The Bertz CT molecular complexity index is 396. The van der Waals surface area contributed by atoms with Crippen LogP contribution in [0.2, 0.25) is 0 Å². The van der Waals surface area contributed by atoms with E-state index in [2.05, 4.69) is 21.5 Å². The maximum absolute atomic E-state index is 4.76. The molecule has 1 atom stereocenters. The Labute approximate surface area is 119 Å². The molecule has 5 heteroatoms. The van der Waals surface area contributed by atoms with Crippen LogP contribution in [0.25, 0.3) is 0 Å². The average molecular weight is 280 g/mol. The predicted molar refractivity (Wildman–Crippen MR) is 80.0 cm³/mol. The molecule has 1 aliphatic heterocycles. The van der Waals surface area contributed by atoms with E-state index in [0.29, 0.717) is 12.0 Å². The van der Waals surface area contributed by atoms with E-state index in [1.165, 1.54) is 45.1 Å². The van der Waals surface area contributed by atoms with Gasteiger partial charge in [0, 0.05) is 36.6 Å². The SMILES string of the molecule is CCCN(CC1CCCCN1)c1nc(C2CC2)ns1. The van der Waals surface area contributed by atoms with Gasteiger partial charge in [0.05, 0.1) is 0 Å². The summed E-state index contributed by atoms with van der Waals surface area (Å²) < 4.78 is 4.54. The maximum atomic E-state index is 4.76. The van der Waals surface area contributed by atoms with Crippen LogP contribution in [-0.4, -0.2) is 35.0 Å². The van der Waals surface area contributed by atoms with E-state index >= 15 is 0 Å². The first-order chi connectivity index (χ1) is 9.36. The minimum Gasteiger partial charge on any atom is -0.345 e. The summed E-state index contributed by atoms with van der Waals surface area (Å²) in [5.74, 6) is 1.76. The molecule has 2 heterocycles. The van der Waals surface area contributed by atoms with Crippen molar-refractivity contribution in [3.05, 3.63) is 5.82 Å². The van der Waals surface area contributed by atoms with Gasteiger partial charge in [-0.15, -0.1) is 0 Å². The Morgan fingerprint density at radius 1 is 1.32 bits per heavy atom. The zero-order valence-corrected chi connectivity index (χ0v) is 12.6. The van der Waals surface area contributed by atoms with Gasteiger partial charge in [-0.05, 0) is 38.6 Å². The van der Waals surface area contributed by atoms with Crippen LogP contribution in [-0.2, 0) is 0 Å². The van der Waals surface area contributed by atoms with Gasteiger partial charge in [-0.3, -0.25) is 0 Å². The first-order valence-corrected chi connectivity index (χ1v) is 8.46. The number of hydrogen-bond acceptors (Lipinski definition) is 5. The Kier molecular flexibility index (Phi) is 4.33. The van der Waals surface area contributed by atoms with Gasteiger partial charge < -0.3 is 10.2 Å². The fourth-order valence-corrected chi connectivity index (χ4v) is 3.52. The Morgan fingerprint density at radius 3 is 2.89 bits per heavy atom. The molecule has 3 rings (SSSR count). The van der Waals surface area contributed by atoms with Crippen LogP contribution in [0.3, 0.4) is 0 Å². The molecule has 2 aliphatic rings. The van der Waals surface area contributed by atoms with Crippen LogP contribution >= 0.6 is 11.5 Å². The summed E-state index contributed by atoms with van der Waals surface area (Å²) in [6.45, 7) is 5.60. The van der Waals surface area contributed by atoms with E-state index in [0.717, 1.165) is 24.0 Å². The fraction of sp³-hybridized carbons (Fsp3) is 0.857. The first-order valence-electron chi connectivity index (χ1n) is 7.68. The van der Waals surface area contributed by atoms with Gasteiger partial charge in [0.1, 0.15) is 5.82 Å². The average Bonchev–Trinajstić information content (AvgIpc) is 3.17. The molecular weight excluding hydrogens is 256 g/mol. The lowest BCUT2D eigenvalue weighted by Crippen LogP contribution is -2.44. The molecule has 4 nitrogen and oxygen atoms in total. The monoisotopic (exact) mass is 280 g/mol. The van der Waals surface area contributed by atoms with Crippen molar-refractivity contribution in [2.24, 2.45) is 0 Å². The highest BCUT2D eigenvalue weighted by Gasteiger charge is 2.29. The standard InChI is InChI=1S/C14H24N4S/c1-2-9-18(10-12-5-3-4-8-15-12)14-16-13(17-19-14)11-6-7-11/h11-12,15H,2-10H2,1H3. The van der Waals surface area contributed by atoms with Gasteiger partial charge in [0.15, 0.2) is 0 Å². The van der Waals surface area contributed by atoms with Crippen molar-refractivity contribution in [3.8, 4) is 0 Å². The number of rotatable bonds is 6. The minimum absolute atomic E-state index is 0.633. The highest BCUT2D eigenvalue weighted by Crippen LogP contribution is 2.39. The fourth-order valence-electron chi connectivity index (χ4n) is 2.74. The van der Waals surface area contributed by atoms with Crippen LogP contribution in [0.5, 0.6) is 0 Å². The van der Waals surface area contributed by atoms with Gasteiger partial charge in [0.25, 0.3) is 0 Å². The summed E-state index contributed by atoms with van der Waals surface area (Å²) in [6, 6.07) is 0.633. The second-order valence-electron chi connectivity index (χ2n) is 5.80. The normalized spacial score (nSPS) is 23.5. The Balaban J connectivity index is 1.64. The number of piperidine rings is 1. The first kappa shape index (κ1) is 13.3. The van der Waals surface area contributed by atoms with E-state index in [9.17, 15) is 0 Å². The molecule has 1 unspecified atom stereocenters. The van der Waals surface area contributed by atoms with Gasteiger partial charge >= 0.3 is 0 Å². The van der Waals surface area contributed by atoms with E-state index in [-0.39, 0.29) is 0 Å². The summed E-state index contributed by atoms with van der Waals surface area (Å²) in [7, 11) is 0. The van der Waals surface area contributed by atoms with Gasteiger partial charge in [-0.1, -0.05) is 13.3 Å². The molecule has 106 valence electrons. The molecule has 1 saturated heterocycles. The van der Waals surface area contributed by atoms with Crippen LogP contribution in [0.1, 0.15) is 57.2 Å². The van der Waals surface area contributed by atoms with Crippen molar-refractivity contribution in [1.82, 2.24) is 14.7 Å². The zero-order chi connectivity index (χ0) is 13.1. The maximum Gasteiger partial charge on any atom is 0.205 e. The van der Waals surface area contributed by atoms with Crippen LogP contribution in [0.15, 0.2) is 0 Å². The van der Waals surface area contributed by atoms with Crippen molar-refractivity contribution in [3.63, 3.8) is 0 Å². The van der Waals surface area contributed by atoms with Crippen LogP contribution in [0.4, 0.5) is 5.13 Å². The smallest absolute Gasteiger partial charge is 0.205 e. The third-order valence-corrected chi connectivity index (χ3v) is 4.78. The number of nitrogens with zero attached hydrogens (tertiary/aromatic N) is 3. The molecule has 19 heavy (non-hydrogen) atoms. The molecule has 0 spiro atoms. The second-order valence-corrected chi connectivity index (χ2v) is 6.53. The van der Waals surface area contributed by atoms with Crippen molar-refractivity contribution in [2.75, 3.05) is 24.5 Å². The zero-order valence-electron chi connectivity index (χ0n) is 11.8. The number of hydrogen-bond donors (Lipinski definition) is 1. The summed E-state index contributed by atoms with van der Waals surface area (Å²) in [5.41, 5.74) is 0. The van der Waals surface area contributed by atoms with Crippen molar-refractivity contribution < 1.29 is 0 Å². The quantitative estimate of drug-likeness (QED) is 0.870. The molecule has 0 amide bonds. The Morgan fingerprint density at radius 2 is 2.21 bits per heavy atom. The minimum atomic E-state index is 0.633. The molecule has 2 fully saturated rings. The molecule has 1 N–H and O–H groups in total. The topological polar surface area (TPSA) is 41.0 Å². The van der Waals surface area contributed by atoms with Crippen LogP contribution < -0.4 is 10.2 Å². The Hall–Kier alpha value is -0.680. The highest BCUT2D eigenvalue weighted by molar-refractivity contribution is 7.09. The van der Waals surface area contributed by atoms with E-state index in [4.69, 9.17) is 4.98 Å². The predicted octanol–water partition coefficient (Wildman–Crippen LogP) is 2.77. The molecule has 0 aromatic carbocycles. The summed E-state index contributed by atoms with van der Waals surface area (Å²) in [6.07, 6.45) is 7.73. The van der Waals surface area contributed by atoms with E-state index < -0.39 is 0 Å². The van der Waals surface area contributed by atoms with E-state index in [1.807, 2.05) is 0 Å². The lowest BCUT2D eigenvalue weighted by atomic mass is 10.0. The molecule has 0 bridgehead atoms. The number of aromatic nitrogens is 2. The summed E-state index contributed by atoms with van der Waals surface area (Å²) >= 11 is 1.59. The lowest BCUT2D eigenvalue weighted by Gasteiger charge is -2.30. The lowest BCUT2D eigenvalue weighted by molar-refractivity contribution is 0.399. The molecule has 0 radical (unpaired) electrons. The van der Waals surface area contributed by atoms with Crippen LogP contribution in [0, 0.1) is 0 Å². The van der Waals surface area contributed by atoms with Gasteiger partial charge in [-0.2, -0.15) is 4.37 Å². The number of nitrogens with one attached hydrogen (secondary N) is 1. The second kappa shape index (κ2) is 6.18. The van der Waals surface area contributed by atoms with Gasteiger partial charge in [0.2, 0.25) is 5.13 Å². The van der Waals surface area contributed by atoms with Crippen molar-refractivity contribution in [1.29, 1.82) is 0 Å². The summed E-state index contributed by atoms with van der Waals surface area (Å²) in [5, 5.41) is 4.77. The molecular formula is C14H24N4S. The highest BCUT2D eigenvalue weighted by atomic mass is 32.1. The third kappa shape index (κ3) is 3.45. The van der Waals surface area contributed by atoms with Gasteiger partial charge in [-0.25, -0.2) is 4.98 Å². The molecule has 1 aromatic rings. The van der Waals surface area contributed by atoms with E-state index in [1.54, 1.807) is 11.5 Å². The number of anilines is 1. The van der Waals surface area contributed by atoms with Crippen molar-refractivity contribution in [2.45, 2.75) is 57.4 Å². The largest absolute Gasteiger partial charge is 0.345 e. The third-order valence-electron chi connectivity index (χ3n) is 3.99. The summed E-state index contributed by atoms with van der Waals surface area (Å²) in [4.78, 5) is 7.20. The molecule has 1 aromatic heterocycles. The molecule has 1 aliphatic carbocycles.